The lowest BCUT2D eigenvalue weighted by Gasteiger charge is -2.24. The van der Waals surface area contributed by atoms with Crippen LogP contribution in [0.4, 0.5) is 20.2 Å². The number of hydrogen-bond donors (Lipinski definition) is 1. The minimum atomic E-state index is -4.20. The highest BCUT2D eigenvalue weighted by Crippen LogP contribution is 2.24. The van der Waals surface area contributed by atoms with Gasteiger partial charge in [0.15, 0.2) is 0 Å². The van der Waals surface area contributed by atoms with Crippen molar-refractivity contribution < 1.29 is 22.0 Å². The van der Waals surface area contributed by atoms with Crippen LogP contribution in [0, 0.1) is 25.5 Å². The molecule has 0 unspecified atom stereocenters. The van der Waals surface area contributed by atoms with E-state index >= 15 is 0 Å². The van der Waals surface area contributed by atoms with Crippen LogP contribution in [0.25, 0.3) is 0 Å². The number of aryl methyl sites for hydroxylation is 2. The second kappa shape index (κ2) is 8.62. The Morgan fingerprint density at radius 3 is 1.90 bits per heavy atom. The summed E-state index contributed by atoms with van der Waals surface area (Å²) in [5.74, 6) is -1.71. The zero-order valence-corrected chi connectivity index (χ0v) is 17.2. The number of nitrogens with zero attached hydrogens (tertiary/aromatic N) is 1. The van der Waals surface area contributed by atoms with Crippen molar-refractivity contribution in [3.8, 4) is 0 Å². The van der Waals surface area contributed by atoms with E-state index in [1.54, 1.807) is 12.1 Å². The van der Waals surface area contributed by atoms with Gasteiger partial charge >= 0.3 is 0 Å². The van der Waals surface area contributed by atoms with Gasteiger partial charge in [0.1, 0.15) is 18.2 Å². The highest BCUT2D eigenvalue weighted by atomic mass is 32.2. The molecule has 3 aromatic carbocycles. The molecule has 1 amide bonds. The van der Waals surface area contributed by atoms with Gasteiger partial charge in [-0.25, -0.2) is 17.2 Å². The predicted octanol–water partition coefficient (Wildman–Crippen LogP) is 4.42. The number of anilines is 2. The summed E-state index contributed by atoms with van der Waals surface area (Å²) >= 11 is 0. The smallest absolute Gasteiger partial charge is 0.264 e. The SMILES string of the molecule is Cc1cc(C)cc(NC(=O)CN(c2ccc(F)cc2)S(=O)(=O)c2ccc(F)cc2)c1. The molecule has 0 saturated carbocycles. The molecule has 3 rings (SSSR count). The lowest BCUT2D eigenvalue weighted by Crippen LogP contribution is -2.38. The van der Waals surface area contributed by atoms with E-state index in [4.69, 9.17) is 0 Å². The summed E-state index contributed by atoms with van der Waals surface area (Å²) in [5, 5.41) is 2.69. The molecule has 0 bridgehead atoms. The number of carbonyl (C=O) groups is 1. The zero-order valence-electron chi connectivity index (χ0n) is 16.4. The molecule has 0 saturated heterocycles. The minimum absolute atomic E-state index is 0.108. The molecule has 0 fully saturated rings. The summed E-state index contributed by atoms with van der Waals surface area (Å²) in [5.41, 5.74) is 2.53. The standard InChI is InChI=1S/C22H20F2N2O3S/c1-15-11-16(2)13-19(12-15)25-22(27)14-26(20-7-3-17(23)4-8-20)30(28,29)21-9-5-18(24)6-10-21/h3-13H,14H2,1-2H3,(H,25,27). The minimum Gasteiger partial charge on any atom is -0.324 e. The van der Waals surface area contributed by atoms with E-state index in [1.807, 2.05) is 19.9 Å². The van der Waals surface area contributed by atoms with Gasteiger partial charge in [-0.05, 0) is 85.6 Å². The van der Waals surface area contributed by atoms with E-state index in [0.29, 0.717) is 5.69 Å². The lowest BCUT2D eigenvalue weighted by molar-refractivity contribution is -0.114. The summed E-state index contributed by atoms with van der Waals surface area (Å²) in [6, 6.07) is 14.5. The maximum absolute atomic E-state index is 13.4. The van der Waals surface area contributed by atoms with Crippen molar-refractivity contribution in [3.63, 3.8) is 0 Å². The van der Waals surface area contributed by atoms with Gasteiger partial charge in [-0.15, -0.1) is 0 Å². The summed E-state index contributed by atoms with van der Waals surface area (Å²) < 4.78 is 53.8. The van der Waals surface area contributed by atoms with E-state index in [2.05, 4.69) is 5.32 Å². The highest BCUT2D eigenvalue weighted by Gasteiger charge is 2.27. The molecule has 0 atom stereocenters. The number of amides is 1. The molecular weight excluding hydrogens is 410 g/mol. The normalized spacial score (nSPS) is 11.2. The van der Waals surface area contributed by atoms with Gasteiger partial charge in [0.05, 0.1) is 10.6 Å². The predicted molar refractivity (Wildman–Crippen MR) is 112 cm³/mol. The third-order valence-corrected chi connectivity index (χ3v) is 6.10. The maximum atomic E-state index is 13.4. The molecule has 30 heavy (non-hydrogen) atoms. The average molecular weight is 430 g/mol. The van der Waals surface area contributed by atoms with Crippen LogP contribution in [0.2, 0.25) is 0 Å². The van der Waals surface area contributed by atoms with Crippen molar-refractivity contribution in [2.75, 3.05) is 16.2 Å². The molecule has 0 heterocycles. The first-order valence-electron chi connectivity index (χ1n) is 9.07. The van der Waals surface area contributed by atoms with Crippen LogP contribution in [0.5, 0.6) is 0 Å². The summed E-state index contributed by atoms with van der Waals surface area (Å²) in [4.78, 5) is 12.5. The highest BCUT2D eigenvalue weighted by molar-refractivity contribution is 7.92. The van der Waals surface area contributed by atoms with Crippen molar-refractivity contribution in [3.05, 3.63) is 89.5 Å². The molecule has 156 valence electrons. The molecule has 3 aromatic rings. The van der Waals surface area contributed by atoms with Crippen LogP contribution in [-0.2, 0) is 14.8 Å². The van der Waals surface area contributed by atoms with Crippen LogP contribution in [0.1, 0.15) is 11.1 Å². The first-order valence-corrected chi connectivity index (χ1v) is 10.5. The third kappa shape index (κ3) is 5.01. The molecule has 0 radical (unpaired) electrons. The second-order valence-corrected chi connectivity index (χ2v) is 8.73. The average Bonchev–Trinajstić information content (AvgIpc) is 2.66. The largest absolute Gasteiger partial charge is 0.324 e. The molecule has 0 aliphatic rings. The van der Waals surface area contributed by atoms with Gasteiger partial charge in [-0.1, -0.05) is 6.07 Å². The molecular formula is C22H20F2N2O3S. The van der Waals surface area contributed by atoms with Crippen LogP contribution in [-0.4, -0.2) is 20.9 Å². The van der Waals surface area contributed by atoms with Gasteiger partial charge in [0.25, 0.3) is 10.0 Å². The van der Waals surface area contributed by atoms with E-state index < -0.39 is 34.1 Å². The number of sulfonamides is 1. The van der Waals surface area contributed by atoms with Gasteiger partial charge < -0.3 is 5.32 Å². The van der Waals surface area contributed by atoms with Crippen molar-refractivity contribution >= 4 is 27.3 Å². The van der Waals surface area contributed by atoms with E-state index in [0.717, 1.165) is 51.8 Å². The number of halogens is 2. The Kier molecular flexibility index (Phi) is 6.17. The third-order valence-electron chi connectivity index (χ3n) is 4.31. The molecule has 0 spiro atoms. The van der Waals surface area contributed by atoms with Crippen molar-refractivity contribution in [2.45, 2.75) is 18.7 Å². The fourth-order valence-electron chi connectivity index (χ4n) is 3.03. The molecule has 5 nitrogen and oxygen atoms in total. The molecule has 0 aromatic heterocycles. The lowest BCUT2D eigenvalue weighted by atomic mass is 10.1. The van der Waals surface area contributed by atoms with Gasteiger partial charge in [0, 0.05) is 5.69 Å². The second-order valence-electron chi connectivity index (χ2n) is 6.87. The first kappa shape index (κ1) is 21.4. The Labute approximate surface area is 174 Å². The van der Waals surface area contributed by atoms with E-state index in [1.165, 1.54) is 12.1 Å². The fourth-order valence-corrected chi connectivity index (χ4v) is 4.45. The number of nitrogens with one attached hydrogen (secondary N) is 1. The van der Waals surface area contributed by atoms with Crippen LogP contribution >= 0.6 is 0 Å². The van der Waals surface area contributed by atoms with Crippen LogP contribution in [0.3, 0.4) is 0 Å². The Hall–Kier alpha value is -3.26. The van der Waals surface area contributed by atoms with Crippen molar-refractivity contribution in [2.24, 2.45) is 0 Å². The monoisotopic (exact) mass is 430 g/mol. The summed E-state index contributed by atoms with van der Waals surface area (Å²) in [6.45, 7) is 3.22. The number of carbonyl (C=O) groups excluding carboxylic acids is 1. The topological polar surface area (TPSA) is 66.5 Å². The Morgan fingerprint density at radius 1 is 0.867 bits per heavy atom. The first-order chi connectivity index (χ1) is 14.1. The molecule has 8 heteroatoms. The van der Waals surface area contributed by atoms with Crippen LogP contribution < -0.4 is 9.62 Å². The Bertz CT molecular complexity index is 1140. The molecule has 1 N–H and O–H groups in total. The van der Waals surface area contributed by atoms with Gasteiger partial charge in [-0.2, -0.15) is 0 Å². The van der Waals surface area contributed by atoms with Gasteiger partial charge in [0.2, 0.25) is 5.91 Å². The molecule has 0 aliphatic carbocycles. The fraction of sp³-hybridized carbons (Fsp3) is 0.136. The number of benzene rings is 3. The summed E-state index contributed by atoms with van der Waals surface area (Å²) in [7, 11) is -4.20. The van der Waals surface area contributed by atoms with Crippen LogP contribution in [0.15, 0.2) is 71.6 Å². The summed E-state index contributed by atoms with van der Waals surface area (Å²) in [6.07, 6.45) is 0. The van der Waals surface area contributed by atoms with E-state index in [-0.39, 0.29) is 10.6 Å². The van der Waals surface area contributed by atoms with Gasteiger partial charge in [-0.3, -0.25) is 9.10 Å². The Balaban J connectivity index is 1.94. The number of hydrogen-bond acceptors (Lipinski definition) is 3. The van der Waals surface area contributed by atoms with Crippen molar-refractivity contribution in [1.29, 1.82) is 0 Å². The maximum Gasteiger partial charge on any atom is 0.264 e. The number of rotatable bonds is 6. The van der Waals surface area contributed by atoms with Crippen molar-refractivity contribution in [1.82, 2.24) is 0 Å². The quantitative estimate of drug-likeness (QED) is 0.630. The Morgan fingerprint density at radius 2 is 1.37 bits per heavy atom. The van der Waals surface area contributed by atoms with E-state index in [9.17, 15) is 22.0 Å². The zero-order chi connectivity index (χ0) is 21.9. The molecule has 0 aliphatic heterocycles.